The van der Waals surface area contributed by atoms with Crippen molar-refractivity contribution in [3.05, 3.63) is 16.1 Å². The van der Waals surface area contributed by atoms with Gasteiger partial charge in [-0.2, -0.15) is 0 Å². The standard InChI is InChI=1S/C18H32N2O4SSi/c1-12-19-13(11-25-12)9-14-15(10-23-26(7,8)17(2,3)4)24-18(5,6)20(14)16(21)22/h11,14-15H,9-10H2,1-8H3,(H,21,22). The number of carbonyl (C=O) groups is 1. The molecule has 0 radical (unpaired) electrons. The van der Waals surface area contributed by atoms with Crippen LogP contribution in [0.2, 0.25) is 18.1 Å². The Morgan fingerprint density at radius 1 is 1.46 bits per heavy atom. The van der Waals surface area contributed by atoms with E-state index in [-0.39, 0.29) is 17.2 Å². The summed E-state index contributed by atoms with van der Waals surface area (Å²) < 4.78 is 12.5. The van der Waals surface area contributed by atoms with Crippen LogP contribution in [-0.2, 0) is 15.6 Å². The normalized spacial score (nSPS) is 23.5. The largest absolute Gasteiger partial charge is 0.465 e. The van der Waals surface area contributed by atoms with E-state index in [0.29, 0.717) is 13.0 Å². The third kappa shape index (κ3) is 4.47. The predicted molar refractivity (Wildman–Crippen MR) is 106 cm³/mol. The number of hydrogen-bond donors (Lipinski definition) is 1. The summed E-state index contributed by atoms with van der Waals surface area (Å²) in [6.45, 7) is 16.9. The minimum Gasteiger partial charge on any atom is -0.465 e. The van der Waals surface area contributed by atoms with Crippen molar-refractivity contribution in [2.24, 2.45) is 0 Å². The molecule has 2 rings (SSSR count). The van der Waals surface area contributed by atoms with E-state index >= 15 is 0 Å². The second-order valence-corrected chi connectivity index (χ2v) is 14.8. The zero-order valence-electron chi connectivity index (χ0n) is 17.1. The van der Waals surface area contributed by atoms with E-state index in [1.54, 1.807) is 25.2 Å². The molecular formula is C18H32N2O4SSi. The number of carboxylic acid groups (broad SMARTS) is 1. The molecule has 8 heteroatoms. The highest BCUT2D eigenvalue weighted by molar-refractivity contribution is 7.09. The number of nitrogens with zero attached hydrogens (tertiary/aromatic N) is 2. The lowest BCUT2D eigenvalue weighted by Crippen LogP contribution is -2.49. The molecule has 1 aromatic rings. The van der Waals surface area contributed by atoms with Gasteiger partial charge in [-0.15, -0.1) is 11.3 Å². The number of thiazole rings is 1. The molecule has 2 unspecified atom stereocenters. The quantitative estimate of drug-likeness (QED) is 0.737. The molecule has 0 aromatic carbocycles. The molecule has 0 saturated carbocycles. The summed E-state index contributed by atoms with van der Waals surface area (Å²) in [6.07, 6.45) is -0.745. The van der Waals surface area contributed by atoms with Crippen molar-refractivity contribution in [2.75, 3.05) is 6.61 Å². The second-order valence-electron chi connectivity index (χ2n) is 8.96. The molecule has 0 bridgehead atoms. The van der Waals surface area contributed by atoms with E-state index in [4.69, 9.17) is 9.16 Å². The first-order valence-corrected chi connectivity index (χ1v) is 12.8. The summed E-state index contributed by atoms with van der Waals surface area (Å²) in [6, 6.07) is -0.311. The third-order valence-corrected chi connectivity index (χ3v) is 10.8. The van der Waals surface area contributed by atoms with Crippen LogP contribution in [0.1, 0.15) is 45.3 Å². The zero-order valence-corrected chi connectivity index (χ0v) is 18.9. The lowest BCUT2D eigenvalue weighted by atomic mass is 10.1. The zero-order chi connectivity index (χ0) is 19.9. The number of aryl methyl sites for hydroxylation is 1. The van der Waals surface area contributed by atoms with Gasteiger partial charge in [-0.05, 0) is 38.9 Å². The molecule has 1 aliphatic rings. The van der Waals surface area contributed by atoms with Crippen LogP contribution in [0.4, 0.5) is 4.79 Å². The maximum atomic E-state index is 11.9. The van der Waals surface area contributed by atoms with Crippen LogP contribution in [0, 0.1) is 6.92 Å². The fraction of sp³-hybridized carbons (Fsp3) is 0.778. The van der Waals surface area contributed by atoms with Gasteiger partial charge in [0.05, 0.1) is 23.4 Å². The molecule has 1 aromatic heterocycles. The summed E-state index contributed by atoms with van der Waals surface area (Å²) in [4.78, 5) is 17.9. The van der Waals surface area contributed by atoms with Crippen LogP contribution in [0.5, 0.6) is 0 Å². The smallest absolute Gasteiger partial charge is 0.409 e. The van der Waals surface area contributed by atoms with Gasteiger partial charge >= 0.3 is 6.09 Å². The number of amides is 1. The minimum atomic E-state index is -1.95. The molecule has 6 nitrogen and oxygen atoms in total. The molecule has 1 aliphatic heterocycles. The minimum absolute atomic E-state index is 0.0924. The second kappa shape index (κ2) is 7.22. The van der Waals surface area contributed by atoms with Gasteiger partial charge in [0, 0.05) is 11.8 Å². The Labute approximate surface area is 161 Å². The molecule has 0 aliphatic carbocycles. The fourth-order valence-corrected chi connectivity index (χ4v) is 4.67. The summed E-state index contributed by atoms with van der Waals surface area (Å²) in [5, 5.41) is 12.8. The average molecular weight is 401 g/mol. The number of aromatic nitrogens is 1. The molecule has 148 valence electrons. The highest BCUT2D eigenvalue weighted by atomic mass is 32.1. The van der Waals surface area contributed by atoms with Gasteiger partial charge in [-0.25, -0.2) is 9.78 Å². The van der Waals surface area contributed by atoms with Gasteiger partial charge in [0.25, 0.3) is 0 Å². The van der Waals surface area contributed by atoms with Crippen molar-refractivity contribution in [2.45, 2.75) is 84.0 Å². The first-order valence-electron chi connectivity index (χ1n) is 8.99. The summed E-state index contributed by atoms with van der Waals surface area (Å²) >= 11 is 1.58. The summed E-state index contributed by atoms with van der Waals surface area (Å²) in [5.74, 6) is 0. The van der Waals surface area contributed by atoms with Crippen molar-refractivity contribution in [3.8, 4) is 0 Å². The van der Waals surface area contributed by atoms with E-state index < -0.39 is 20.1 Å². The first kappa shape index (κ1) is 21.3. The molecule has 26 heavy (non-hydrogen) atoms. The lowest BCUT2D eigenvalue weighted by Gasteiger charge is -2.37. The fourth-order valence-electron chi connectivity index (χ4n) is 3.03. The molecular weight excluding hydrogens is 368 g/mol. The topological polar surface area (TPSA) is 71.9 Å². The van der Waals surface area contributed by atoms with Crippen LogP contribution in [0.25, 0.3) is 0 Å². The average Bonchev–Trinajstić information content (AvgIpc) is 2.96. The van der Waals surface area contributed by atoms with Crippen LogP contribution in [-0.4, -0.2) is 53.9 Å². The van der Waals surface area contributed by atoms with E-state index in [0.717, 1.165) is 10.7 Å². The van der Waals surface area contributed by atoms with Crippen molar-refractivity contribution in [1.29, 1.82) is 0 Å². The van der Waals surface area contributed by atoms with Crippen molar-refractivity contribution >= 4 is 25.7 Å². The number of hydrogen-bond acceptors (Lipinski definition) is 5. The van der Waals surface area contributed by atoms with Crippen LogP contribution in [0.15, 0.2) is 5.38 Å². The molecule has 1 N–H and O–H groups in total. The summed E-state index contributed by atoms with van der Waals surface area (Å²) in [5.41, 5.74) is 0.0191. The first-order chi connectivity index (χ1) is 11.7. The molecule has 0 spiro atoms. The SMILES string of the molecule is Cc1nc(CC2C(CO[Si](C)(C)C(C)(C)C)OC(C)(C)N2C(=O)O)cs1. The van der Waals surface area contributed by atoms with Crippen LogP contribution >= 0.6 is 11.3 Å². The van der Waals surface area contributed by atoms with E-state index in [2.05, 4.69) is 38.8 Å². The Hall–Kier alpha value is -0.963. The third-order valence-electron chi connectivity index (χ3n) is 5.49. The van der Waals surface area contributed by atoms with Crippen molar-refractivity contribution in [1.82, 2.24) is 9.88 Å². The van der Waals surface area contributed by atoms with Gasteiger partial charge in [0.1, 0.15) is 11.8 Å². The van der Waals surface area contributed by atoms with Gasteiger partial charge < -0.3 is 14.3 Å². The van der Waals surface area contributed by atoms with E-state index in [1.807, 2.05) is 12.3 Å². The van der Waals surface area contributed by atoms with Gasteiger partial charge in [0.15, 0.2) is 8.32 Å². The highest BCUT2D eigenvalue weighted by Gasteiger charge is 2.51. The molecule has 2 heterocycles. The maximum Gasteiger partial charge on any atom is 0.409 e. The Balaban J connectivity index is 2.23. The molecule has 2 atom stereocenters. The van der Waals surface area contributed by atoms with E-state index in [9.17, 15) is 9.90 Å². The van der Waals surface area contributed by atoms with Crippen molar-refractivity contribution < 1.29 is 19.1 Å². The summed E-state index contributed by atoms with van der Waals surface area (Å²) in [7, 11) is -1.95. The lowest BCUT2D eigenvalue weighted by molar-refractivity contribution is -0.0757. The predicted octanol–water partition coefficient (Wildman–Crippen LogP) is 4.50. The van der Waals surface area contributed by atoms with Crippen LogP contribution < -0.4 is 0 Å². The van der Waals surface area contributed by atoms with E-state index in [1.165, 1.54) is 4.90 Å². The van der Waals surface area contributed by atoms with Crippen LogP contribution in [0.3, 0.4) is 0 Å². The monoisotopic (exact) mass is 400 g/mol. The highest BCUT2D eigenvalue weighted by Crippen LogP contribution is 2.39. The maximum absolute atomic E-state index is 11.9. The molecule has 1 saturated heterocycles. The number of ether oxygens (including phenoxy) is 1. The van der Waals surface area contributed by atoms with Crippen molar-refractivity contribution in [3.63, 3.8) is 0 Å². The van der Waals surface area contributed by atoms with Gasteiger partial charge in [0.2, 0.25) is 0 Å². The molecule has 1 amide bonds. The number of rotatable bonds is 5. The Morgan fingerprint density at radius 3 is 2.54 bits per heavy atom. The Bertz CT molecular complexity index is 654. The molecule has 1 fully saturated rings. The Morgan fingerprint density at radius 2 is 2.08 bits per heavy atom. The Kier molecular flexibility index (Phi) is 5.92. The van der Waals surface area contributed by atoms with Gasteiger partial charge in [-0.3, -0.25) is 4.90 Å². The van der Waals surface area contributed by atoms with Gasteiger partial charge in [-0.1, -0.05) is 20.8 Å².